The summed E-state index contributed by atoms with van der Waals surface area (Å²) >= 11 is 0. The fourth-order valence-corrected chi connectivity index (χ4v) is 22.1. The lowest BCUT2D eigenvalue weighted by Crippen LogP contribution is -2.14. The molecule has 1 aliphatic carbocycles. The fraction of sp³-hybridized carbons (Fsp3) is 0.0551. The third-order valence-electron chi connectivity index (χ3n) is 28.5. The second-order valence-electron chi connectivity index (χ2n) is 36.6. The van der Waals surface area contributed by atoms with Crippen LogP contribution in [0.1, 0.15) is 36.1 Å². The Kier molecular flexibility index (Phi) is 18.7. The molecule has 20 aromatic carbocycles. The molecule has 0 aliphatic heterocycles. The highest BCUT2D eigenvalue weighted by molar-refractivity contribution is 6.18. The number of benzene rings is 20. The van der Waals surface area contributed by atoms with Crippen LogP contribution >= 0.6 is 0 Å². The number of nitrogens with zero attached hydrogens (tertiary/aromatic N) is 7. The van der Waals surface area contributed by atoms with Gasteiger partial charge in [0, 0.05) is 145 Å². The molecule has 0 amide bonds. The van der Waals surface area contributed by atoms with E-state index in [0.717, 1.165) is 0 Å². The van der Waals surface area contributed by atoms with Crippen LogP contribution in [0.2, 0.25) is 0 Å². The Balaban J connectivity index is 0.0000000960. The normalized spacial score (nSPS) is 12.3. The molecule has 1 aliphatic rings. The summed E-state index contributed by atoms with van der Waals surface area (Å²) in [6.45, 7) is 9.05. The first-order chi connectivity index (χ1) is 65.9. The van der Waals surface area contributed by atoms with E-state index in [4.69, 9.17) is 0 Å². The molecule has 0 radical (unpaired) electrons. The van der Waals surface area contributed by atoms with Crippen LogP contribution in [0, 0.1) is 13.8 Å². The van der Waals surface area contributed by atoms with Gasteiger partial charge in [0.05, 0.1) is 55.2 Å². The standard InChI is InChI=1S/C37H26N2.2C31H22N2.C28H23N/c1-25-16-19-35-31(22-25)33-24-27(18-21-37(33)39(35)29-12-6-3-7-13-29)26-17-20-36-32(23-26)30-14-8-9-15-34(30)38(36)28-10-4-2-5-11-28;1-32-28-13-7-5-12-25(28)27-19-21(16-18-29(27)32)22-15-17-26-24-11-6-8-14-30(24)33(31(26)20-22)23-9-3-2-4-10-23;1-32-28-13-7-5-11-24(28)26-19-21(15-17-29(26)32)22-16-18-31-27(20-22)25-12-6-8-14-30(25)33(31)23-9-3-2-4-10-23;1-18-13-14-26-22(15-18)23-16-21-20-11-7-8-12-24(20)28(2,3)25(21)17-27(23)29(26)19-9-5-4-6-10-19/h2-24H,1H3;2*2-20H,1H3;4-17H,1-3H3. The van der Waals surface area contributed by atoms with E-state index in [9.17, 15) is 0 Å². The smallest absolute Gasteiger partial charge is 0.0547 e. The Labute approximate surface area is 776 Å². The Morgan fingerprint density at radius 1 is 0.157 bits per heavy atom. The van der Waals surface area contributed by atoms with Gasteiger partial charge in [-0.2, -0.15) is 0 Å². The third-order valence-corrected chi connectivity index (χ3v) is 28.5. The van der Waals surface area contributed by atoms with E-state index in [0.29, 0.717) is 0 Å². The highest BCUT2D eigenvalue weighted by Crippen LogP contribution is 2.52. The summed E-state index contributed by atoms with van der Waals surface area (Å²) in [5.74, 6) is 0. The van der Waals surface area contributed by atoms with Crippen LogP contribution in [0.4, 0.5) is 0 Å². The molecular weight excluding hydrogens is 1620 g/mol. The highest BCUT2D eigenvalue weighted by Gasteiger charge is 2.36. The molecule has 27 aromatic rings. The lowest BCUT2D eigenvalue weighted by molar-refractivity contribution is 0.661. The molecular formula is C127H93N7. The second kappa shape index (κ2) is 31.7. The SMILES string of the molecule is Cc1ccc2c(c1)c1cc(-c3ccc4c(c3)c3ccccc3n4-c3ccccc3)ccc1n2-c1ccccc1.Cc1ccc2c(c1)c1cc3c(cc1n2-c1ccccc1)C(C)(C)c1ccccc1-3.Cn1c2ccccc2c2cc(-c3ccc4c(c3)c3ccccc3n4-c3ccccc3)ccc21.Cn1c2ccccc2c2cc(-c3ccc4c5ccccc5n(-c5ccccc5)c4c3)ccc21. The van der Waals surface area contributed by atoms with Crippen LogP contribution in [0.25, 0.3) is 226 Å². The number of rotatable bonds is 8. The summed E-state index contributed by atoms with van der Waals surface area (Å²) in [5, 5.41) is 18.1. The minimum atomic E-state index is 0.00794. The van der Waals surface area contributed by atoms with Gasteiger partial charge in [0.2, 0.25) is 0 Å². The van der Waals surface area contributed by atoms with E-state index in [1.807, 2.05) is 0 Å². The molecule has 0 fully saturated rings. The molecule has 0 atom stereocenters. The van der Waals surface area contributed by atoms with Gasteiger partial charge in [-0.25, -0.2) is 0 Å². The minimum Gasteiger partial charge on any atom is -0.344 e. The average Bonchev–Trinajstić information content (AvgIpc) is 1.55. The van der Waals surface area contributed by atoms with Gasteiger partial charge in [-0.15, -0.1) is 0 Å². The summed E-state index contributed by atoms with van der Waals surface area (Å²) in [7, 11) is 4.30. The van der Waals surface area contributed by atoms with Crippen molar-refractivity contribution >= 4 is 153 Å². The Hall–Kier alpha value is -17.0. The average molecular weight is 1720 g/mol. The molecule has 7 nitrogen and oxygen atoms in total. The summed E-state index contributed by atoms with van der Waals surface area (Å²) in [6.07, 6.45) is 0. The molecule has 28 rings (SSSR count). The van der Waals surface area contributed by atoms with Crippen molar-refractivity contribution in [2.24, 2.45) is 14.1 Å². The van der Waals surface area contributed by atoms with E-state index in [2.05, 4.69) is 529 Å². The number of hydrogen-bond donors (Lipinski definition) is 0. The van der Waals surface area contributed by atoms with Crippen molar-refractivity contribution < 1.29 is 0 Å². The van der Waals surface area contributed by atoms with E-state index in [1.165, 1.54) is 248 Å². The van der Waals surface area contributed by atoms with Crippen molar-refractivity contribution in [1.82, 2.24) is 32.0 Å². The lowest BCUT2D eigenvalue weighted by atomic mass is 9.82. The fourth-order valence-electron chi connectivity index (χ4n) is 22.1. The number of fused-ring (bicyclic) bond motifs is 24. The van der Waals surface area contributed by atoms with Crippen molar-refractivity contribution in [2.75, 3.05) is 0 Å². The zero-order valence-corrected chi connectivity index (χ0v) is 75.4. The molecule has 7 aromatic heterocycles. The maximum Gasteiger partial charge on any atom is 0.0547 e. The molecule has 0 unspecified atom stereocenters. The van der Waals surface area contributed by atoms with E-state index in [1.54, 1.807) is 0 Å². The molecule has 7 heterocycles. The Morgan fingerprint density at radius 2 is 0.388 bits per heavy atom. The summed E-state index contributed by atoms with van der Waals surface area (Å²) in [6, 6.07) is 165. The minimum absolute atomic E-state index is 0.00794. The molecule has 134 heavy (non-hydrogen) atoms. The van der Waals surface area contributed by atoms with Crippen molar-refractivity contribution in [3.8, 4) is 72.9 Å². The second-order valence-corrected chi connectivity index (χ2v) is 36.6. The first kappa shape index (κ1) is 79.2. The van der Waals surface area contributed by atoms with Gasteiger partial charge in [-0.05, 0) is 264 Å². The molecule has 0 bridgehead atoms. The lowest BCUT2D eigenvalue weighted by Gasteiger charge is -2.21. The maximum absolute atomic E-state index is 2.44. The van der Waals surface area contributed by atoms with Crippen molar-refractivity contribution in [2.45, 2.75) is 33.1 Å². The van der Waals surface area contributed by atoms with E-state index < -0.39 is 0 Å². The first-order valence-corrected chi connectivity index (χ1v) is 46.5. The van der Waals surface area contributed by atoms with Gasteiger partial charge in [-0.3, -0.25) is 0 Å². The zero-order chi connectivity index (χ0) is 89.6. The van der Waals surface area contributed by atoms with Crippen molar-refractivity contribution in [1.29, 1.82) is 0 Å². The van der Waals surface area contributed by atoms with Crippen LogP contribution in [0.5, 0.6) is 0 Å². The summed E-state index contributed by atoms with van der Waals surface area (Å²) < 4.78 is 16.5. The van der Waals surface area contributed by atoms with Crippen LogP contribution in [-0.2, 0) is 19.5 Å². The zero-order valence-electron chi connectivity index (χ0n) is 75.4. The molecule has 0 saturated carbocycles. The van der Waals surface area contributed by atoms with Gasteiger partial charge in [0.15, 0.2) is 0 Å². The van der Waals surface area contributed by atoms with Gasteiger partial charge in [0.25, 0.3) is 0 Å². The first-order valence-electron chi connectivity index (χ1n) is 46.5. The van der Waals surface area contributed by atoms with Crippen LogP contribution in [-0.4, -0.2) is 32.0 Å². The number of aromatic nitrogens is 7. The molecule has 0 saturated heterocycles. The van der Waals surface area contributed by atoms with Crippen molar-refractivity contribution in [3.05, 3.63) is 477 Å². The quantitative estimate of drug-likeness (QED) is 0.145. The number of aryl methyl sites for hydroxylation is 4. The van der Waals surface area contributed by atoms with E-state index in [-0.39, 0.29) is 5.41 Å². The van der Waals surface area contributed by atoms with Gasteiger partial charge < -0.3 is 32.0 Å². The molecule has 0 spiro atoms. The summed E-state index contributed by atoms with van der Waals surface area (Å²) in [4.78, 5) is 0. The number of para-hydroxylation sites is 10. The predicted molar refractivity (Wildman–Crippen MR) is 569 cm³/mol. The summed E-state index contributed by atoms with van der Waals surface area (Å²) in [5.41, 5.74) is 39.0. The molecule has 636 valence electrons. The van der Waals surface area contributed by atoms with Crippen LogP contribution in [0.3, 0.4) is 0 Å². The Morgan fingerprint density at radius 3 is 0.769 bits per heavy atom. The van der Waals surface area contributed by atoms with Gasteiger partial charge in [-0.1, -0.05) is 286 Å². The third kappa shape index (κ3) is 12.9. The van der Waals surface area contributed by atoms with Crippen molar-refractivity contribution in [3.63, 3.8) is 0 Å². The topological polar surface area (TPSA) is 34.5 Å². The molecule has 0 N–H and O–H groups in total. The van der Waals surface area contributed by atoms with Gasteiger partial charge >= 0.3 is 0 Å². The highest BCUT2D eigenvalue weighted by atomic mass is 15.0. The van der Waals surface area contributed by atoms with Gasteiger partial charge in [0.1, 0.15) is 0 Å². The predicted octanol–water partition coefficient (Wildman–Crippen LogP) is 33.4. The monoisotopic (exact) mass is 1720 g/mol. The van der Waals surface area contributed by atoms with Crippen LogP contribution < -0.4 is 0 Å². The maximum atomic E-state index is 2.44. The largest absolute Gasteiger partial charge is 0.344 e. The number of hydrogen-bond acceptors (Lipinski definition) is 0. The Bertz CT molecular complexity index is 9370. The molecule has 7 heteroatoms. The van der Waals surface area contributed by atoms with E-state index >= 15 is 0 Å². The van der Waals surface area contributed by atoms with Crippen LogP contribution in [0.15, 0.2) is 455 Å².